The third kappa shape index (κ3) is 5.53. The molecule has 1 atom stereocenters. The van der Waals surface area contributed by atoms with Gasteiger partial charge in [0.05, 0.1) is 5.92 Å². The zero-order valence-electron chi connectivity index (χ0n) is 11.6. The van der Waals surface area contributed by atoms with Gasteiger partial charge in [0, 0.05) is 5.69 Å². The van der Waals surface area contributed by atoms with Crippen LogP contribution in [0.2, 0.25) is 0 Å². The first-order valence-corrected chi connectivity index (χ1v) is 6.62. The zero-order chi connectivity index (χ0) is 16.0. The number of anilines is 1. The molecule has 0 bridgehead atoms. The smallest absolute Gasteiger partial charge is 0.481 e. The highest BCUT2D eigenvalue weighted by molar-refractivity contribution is 5.78. The van der Waals surface area contributed by atoms with Gasteiger partial charge in [0.25, 0.3) is 0 Å². The average Bonchev–Trinajstić information content (AvgIpc) is 2.35. The summed E-state index contributed by atoms with van der Waals surface area (Å²) in [7, 11) is 0. The van der Waals surface area contributed by atoms with Gasteiger partial charge in [-0.1, -0.05) is 26.2 Å². The first-order valence-electron chi connectivity index (χ1n) is 6.62. The van der Waals surface area contributed by atoms with Crippen molar-refractivity contribution in [3.63, 3.8) is 0 Å². The Morgan fingerprint density at radius 3 is 2.57 bits per heavy atom. The van der Waals surface area contributed by atoms with Crippen molar-refractivity contribution in [2.75, 3.05) is 5.73 Å². The number of rotatable bonds is 7. The van der Waals surface area contributed by atoms with Crippen LogP contribution in [0.3, 0.4) is 0 Å². The van der Waals surface area contributed by atoms with E-state index in [1.54, 1.807) is 0 Å². The van der Waals surface area contributed by atoms with Gasteiger partial charge in [0.1, 0.15) is 5.75 Å². The molecule has 1 aromatic rings. The van der Waals surface area contributed by atoms with Crippen molar-refractivity contribution in [3.8, 4) is 5.75 Å². The van der Waals surface area contributed by atoms with Crippen LogP contribution in [-0.4, -0.2) is 17.4 Å². The number of hydrogen-bond donors (Lipinski definition) is 2. The number of halogens is 3. The summed E-state index contributed by atoms with van der Waals surface area (Å²) in [6, 6.07) is 3.34. The Hall–Kier alpha value is -1.92. The number of hydrogen-bond acceptors (Lipinski definition) is 3. The number of aliphatic carboxylic acids is 1. The molecule has 4 nitrogen and oxygen atoms in total. The minimum Gasteiger partial charge on any atom is -0.481 e. The number of alkyl halides is 3. The highest BCUT2D eigenvalue weighted by Gasteiger charge is 2.32. The van der Waals surface area contributed by atoms with Crippen LogP contribution in [0.1, 0.15) is 44.1 Å². The van der Waals surface area contributed by atoms with Crippen LogP contribution < -0.4 is 10.5 Å². The average molecular weight is 305 g/mol. The molecule has 0 spiro atoms. The molecule has 0 aromatic heterocycles. The molecule has 3 N–H and O–H groups in total. The number of carbonyl (C=O) groups is 1. The molecule has 1 unspecified atom stereocenters. The molecule has 0 aliphatic heterocycles. The fourth-order valence-electron chi connectivity index (χ4n) is 2.06. The highest BCUT2D eigenvalue weighted by Crippen LogP contribution is 2.32. The number of nitrogen functional groups attached to an aromatic ring is 1. The van der Waals surface area contributed by atoms with Crippen molar-refractivity contribution in [3.05, 3.63) is 23.8 Å². The van der Waals surface area contributed by atoms with Crippen molar-refractivity contribution in [1.29, 1.82) is 0 Å². The van der Waals surface area contributed by atoms with Crippen LogP contribution in [0, 0.1) is 0 Å². The Labute approximate surface area is 120 Å². The van der Waals surface area contributed by atoms with E-state index in [1.807, 2.05) is 6.92 Å². The lowest BCUT2D eigenvalue weighted by Gasteiger charge is -2.17. The summed E-state index contributed by atoms with van der Waals surface area (Å²) in [5.41, 5.74) is 6.00. The molecule has 0 amide bonds. The Kier molecular flexibility index (Phi) is 5.87. The van der Waals surface area contributed by atoms with Crippen LogP contribution >= 0.6 is 0 Å². The van der Waals surface area contributed by atoms with Gasteiger partial charge in [0.2, 0.25) is 0 Å². The maximum Gasteiger partial charge on any atom is 0.573 e. The van der Waals surface area contributed by atoms with Crippen molar-refractivity contribution in [1.82, 2.24) is 0 Å². The van der Waals surface area contributed by atoms with E-state index in [0.29, 0.717) is 12.8 Å². The van der Waals surface area contributed by atoms with Gasteiger partial charge < -0.3 is 15.6 Å². The van der Waals surface area contributed by atoms with E-state index >= 15 is 0 Å². The van der Waals surface area contributed by atoms with Crippen LogP contribution in [0.15, 0.2) is 18.2 Å². The maximum atomic E-state index is 12.2. The van der Waals surface area contributed by atoms with Gasteiger partial charge in [-0.2, -0.15) is 0 Å². The fourth-order valence-corrected chi connectivity index (χ4v) is 2.06. The summed E-state index contributed by atoms with van der Waals surface area (Å²) in [4.78, 5) is 11.3. The molecule has 118 valence electrons. The molecule has 21 heavy (non-hydrogen) atoms. The number of carboxylic acids is 1. The second-order valence-corrected chi connectivity index (χ2v) is 4.73. The molecule has 0 saturated heterocycles. The zero-order valence-corrected chi connectivity index (χ0v) is 11.6. The summed E-state index contributed by atoms with van der Waals surface area (Å²) in [6.45, 7) is 1.97. The van der Waals surface area contributed by atoms with Crippen LogP contribution in [0.25, 0.3) is 0 Å². The molecule has 0 fully saturated rings. The monoisotopic (exact) mass is 305 g/mol. The first kappa shape index (κ1) is 17.1. The molecule has 0 heterocycles. The largest absolute Gasteiger partial charge is 0.573 e. The summed E-state index contributed by atoms with van der Waals surface area (Å²) >= 11 is 0. The van der Waals surface area contributed by atoms with Gasteiger partial charge >= 0.3 is 12.3 Å². The third-order valence-corrected chi connectivity index (χ3v) is 3.06. The summed E-state index contributed by atoms with van der Waals surface area (Å²) in [5.74, 6) is -2.51. The van der Waals surface area contributed by atoms with Gasteiger partial charge in [-0.25, -0.2) is 0 Å². The Bertz CT molecular complexity index is 489. The lowest BCUT2D eigenvalue weighted by Crippen LogP contribution is -2.18. The minimum absolute atomic E-state index is 0.147. The molecular formula is C14H18F3NO3. The normalized spacial score (nSPS) is 13.0. The maximum absolute atomic E-state index is 12.2. The van der Waals surface area contributed by atoms with E-state index in [0.717, 1.165) is 25.0 Å². The molecule has 0 saturated carbocycles. The first-order chi connectivity index (χ1) is 9.74. The highest BCUT2D eigenvalue weighted by atomic mass is 19.4. The molecule has 0 aliphatic rings. The summed E-state index contributed by atoms with van der Waals surface area (Å²) in [6.07, 6.45) is -2.07. The molecular weight excluding hydrogens is 287 g/mol. The van der Waals surface area contributed by atoms with E-state index in [1.165, 1.54) is 6.07 Å². The van der Waals surface area contributed by atoms with Gasteiger partial charge in [-0.15, -0.1) is 13.2 Å². The van der Waals surface area contributed by atoms with Crippen molar-refractivity contribution in [2.45, 2.75) is 44.9 Å². The van der Waals surface area contributed by atoms with Crippen molar-refractivity contribution < 1.29 is 27.8 Å². The second kappa shape index (κ2) is 7.19. The summed E-state index contributed by atoms with van der Waals surface area (Å²) in [5, 5.41) is 9.26. The number of benzene rings is 1. The van der Waals surface area contributed by atoms with E-state index < -0.39 is 24.0 Å². The number of unbranched alkanes of at least 4 members (excludes halogenated alkanes) is 2. The Morgan fingerprint density at radius 2 is 2.05 bits per heavy atom. The van der Waals surface area contributed by atoms with Crippen LogP contribution in [-0.2, 0) is 4.79 Å². The number of ether oxygens (including phenoxy) is 1. The summed E-state index contributed by atoms with van der Waals surface area (Å²) < 4.78 is 40.4. The molecule has 1 aromatic carbocycles. The fraction of sp³-hybridized carbons (Fsp3) is 0.500. The predicted molar refractivity (Wildman–Crippen MR) is 72.1 cm³/mol. The second-order valence-electron chi connectivity index (χ2n) is 4.73. The number of carboxylic acid groups (broad SMARTS) is 1. The topological polar surface area (TPSA) is 72.5 Å². The lowest BCUT2D eigenvalue weighted by molar-refractivity contribution is -0.274. The lowest BCUT2D eigenvalue weighted by atomic mass is 9.92. The van der Waals surface area contributed by atoms with Crippen LogP contribution in [0.4, 0.5) is 18.9 Å². The van der Waals surface area contributed by atoms with E-state index in [2.05, 4.69) is 4.74 Å². The van der Waals surface area contributed by atoms with Gasteiger partial charge in [-0.3, -0.25) is 4.79 Å². The van der Waals surface area contributed by atoms with Gasteiger partial charge in [0.15, 0.2) is 0 Å². The van der Waals surface area contributed by atoms with Gasteiger partial charge in [-0.05, 0) is 30.2 Å². The van der Waals surface area contributed by atoms with Crippen LogP contribution in [0.5, 0.6) is 5.75 Å². The Morgan fingerprint density at radius 1 is 1.38 bits per heavy atom. The molecule has 0 radical (unpaired) electrons. The predicted octanol–water partition coefficient (Wildman–Crippen LogP) is 3.92. The molecule has 7 heteroatoms. The minimum atomic E-state index is -4.83. The van der Waals surface area contributed by atoms with E-state index in [-0.39, 0.29) is 11.3 Å². The Balaban J connectivity index is 3.00. The standard InChI is InChI=1S/C14H18F3NO3/c1-2-3-4-5-10(13(19)20)11-8-9(6-7-12(11)18)21-14(15,16)17/h6-8,10H,2-5,18H2,1H3,(H,19,20). The third-order valence-electron chi connectivity index (χ3n) is 3.06. The molecule has 0 aliphatic carbocycles. The van der Waals surface area contributed by atoms with Crippen molar-refractivity contribution >= 4 is 11.7 Å². The number of nitrogens with two attached hydrogens (primary N) is 1. The SMILES string of the molecule is CCCCCC(C(=O)O)c1cc(OC(F)(F)F)ccc1N. The van der Waals surface area contributed by atoms with E-state index in [9.17, 15) is 23.1 Å². The van der Waals surface area contributed by atoms with E-state index in [4.69, 9.17) is 5.73 Å². The van der Waals surface area contributed by atoms with Crippen molar-refractivity contribution in [2.24, 2.45) is 0 Å². The molecule has 1 rings (SSSR count). The quantitative estimate of drug-likeness (QED) is 0.591.